The van der Waals surface area contributed by atoms with Crippen molar-refractivity contribution in [3.63, 3.8) is 0 Å². The van der Waals surface area contributed by atoms with Crippen LogP contribution in [-0.4, -0.2) is 76.3 Å². The van der Waals surface area contributed by atoms with E-state index in [2.05, 4.69) is 21.5 Å². The number of ether oxygens (including phenoxy) is 2. The lowest BCUT2D eigenvalue weighted by atomic mass is 10.2. The van der Waals surface area contributed by atoms with Crippen molar-refractivity contribution in [3.05, 3.63) is 36.0 Å². The molecule has 2 N–H and O–H groups in total. The maximum Gasteiger partial charge on any atom is 0.337 e. The number of methoxy groups -OCH3 is 2. The number of benzene rings is 1. The van der Waals surface area contributed by atoms with Gasteiger partial charge in [-0.25, -0.2) is 18.2 Å². The third-order valence-corrected chi connectivity index (χ3v) is 6.51. The number of sulfonamides is 1. The van der Waals surface area contributed by atoms with E-state index in [1.54, 1.807) is 0 Å². The molecule has 1 aromatic heterocycles. The number of carbonyl (C=O) groups is 1. The van der Waals surface area contributed by atoms with Crippen molar-refractivity contribution in [3.8, 4) is 11.5 Å². The Labute approximate surface area is 181 Å². The molecule has 3 rings (SSSR count). The Morgan fingerprint density at radius 3 is 2.39 bits per heavy atom. The average Bonchev–Trinajstić information content (AvgIpc) is 2.78. The lowest BCUT2D eigenvalue weighted by molar-refractivity contribution is 0.0696. The molecule has 0 amide bonds. The highest BCUT2D eigenvalue weighted by Crippen LogP contribution is 2.32. The molecule has 11 heteroatoms. The molecular formula is C20H26N4O6S. The minimum atomic E-state index is -4.05. The van der Waals surface area contributed by atoms with Gasteiger partial charge in [-0.2, -0.15) is 0 Å². The highest BCUT2D eigenvalue weighted by atomic mass is 32.2. The molecule has 1 aromatic carbocycles. The summed E-state index contributed by atoms with van der Waals surface area (Å²) in [5, 5.41) is 9.35. The molecule has 0 bridgehead atoms. The molecule has 0 aliphatic carbocycles. The molecule has 0 saturated carbocycles. The predicted octanol–water partition coefficient (Wildman–Crippen LogP) is 1.74. The van der Waals surface area contributed by atoms with Gasteiger partial charge in [-0.05, 0) is 24.7 Å². The number of piperazine rings is 1. The van der Waals surface area contributed by atoms with Crippen LogP contribution in [0.2, 0.25) is 0 Å². The smallest absolute Gasteiger partial charge is 0.337 e. The molecule has 1 saturated heterocycles. The number of nitrogens with one attached hydrogen (secondary N) is 1. The number of likely N-dealkylation sites (N-methyl/N-ethyl adjacent to an activating group) is 1. The summed E-state index contributed by atoms with van der Waals surface area (Å²) in [5.41, 5.74) is 0.000545. The first-order valence-corrected chi connectivity index (χ1v) is 11.2. The van der Waals surface area contributed by atoms with Gasteiger partial charge in [0.25, 0.3) is 10.0 Å². The fourth-order valence-corrected chi connectivity index (χ4v) is 4.43. The quantitative estimate of drug-likeness (QED) is 0.619. The number of aromatic carboxylic acids is 1. The van der Waals surface area contributed by atoms with Gasteiger partial charge in [0.1, 0.15) is 0 Å². The summed E-state index contributed by atoms with van der Waals surface area (Å²) in [6, 6.07) is 5.51. The van der Waals surface area contributed by atoms with E-state index in [-0.39, 0.29) is 21.9 Å². The number of nitrogens with zero attached hydrogens (tertiary/aromatic N) is 3. The van der Waals surface area contributed by atoms with Crippen molar-refractivity contribution >= 4 is 27.5 Å². The monoisotopic (exact) mass is 450 g/mol. The van der Waals surface area contributed by atoms with Crippen LogP contribution in [0.15, 0.2) is 35.4 Å². The van der Waals surface area contributed by atoms with Crippen LogP contribution in [0.1, 0.15) is 17.3 Å². The van der Waals surface area contributed by atoms with Crippen LogP contribution in [-0.2, 0) is 10.0 Å². The number of pyridine rings is 1. The molecule has 2 aromatic rings. The maximum absolute atomic E-state index is 13.1. The fourth-order valence-electron chi connectivity index (χ4n) is 3.36. The van der Waals surface area contributed by atoms with Crippen LogP contribution >= 0.6 is 0 Å². The Morgan fingerprint density at radius 2 is 1.81 bits per heavy atom. The number of hydrogen-bond acceptors (Lipinski definition) is 8. The highest BCUT2D eigenvalue weighted by Gasteiger charge is 2.24. The Morgan fingerprint density at radius 1 is 1.13 bits per heavy atom. The second-order valence-corrected chi connectivity index (χ2v) is 8.63. The molecule has 0 unspecified atom stereocenters. The van der Waals surface area contributed by atoms with E-state index in [4.69, 9.17) is 9.47 Å². The van der Waals surface area contributed by atoms with Gasteiger partial charge in [0.2, 0.25) is 0 Å². The minimum Gasteiger partial charge on any atom is -0.493 e. The molecule has 10 nitrogen and oxygen atoms in total. The highest BCUT2D eigenvalue weighted by molar-refractivity contribution is 7.92. The molecule has 0 radical (unpaired) electrons. The summed E-state index contributed by atoms with van der Waals surface area (Å²) in [5.74, 6) is -0.143. The van der Waals surface area contributed by atoms with Gasteiger partial charge in [0.05, 0.1) is 30.4 Å². The van der Waals surface area contributed by atoms with Crippen LogP contribution in [0.4, 0.5) is 11.5 Å². The standard InChI is InChI=1S/C20H26N4O6S/c1-4-23-7-9-24(10-8-23)19-16(11-14(13-21-19)20(25)26)22-31(27,28)15-5-6-17(29-2)18(12-15)30-3/h5-6,11-13,22H,4,7-10H2,1-3H3,(H,25,26). The van der Waals surface area contributed by atoms with Crippen LogP contribution in [0.3, 0.4) is 0 Å². The van der Waals surface area contributed by atoms with Crippen LogP contribution in [0, 0.1) is 0 Å². The average molecular weight is 451 g/mol. The van der Waals surface area contributed by atoms with Gasteiger partial charge in [0.15, 0.2) is 17.3 Å². The zero-order valence-electron chi connectivity index (χ0n) is 17.7. The van der Waals surface area contributed by atoms with E-state index in [9.17, 15) is 18.3 Å². The molecule has 1 aliphatic heterocycles. The molecule has 2 heterocycles. The zero-order chi connectivity index (χ0) is 22.6. The molecule has 1 aliphatic rings. The Bertz CT molecular complexity index is 1050. The van der Waals surface area contributed by atoms with E-state index < -0.39 is 16.0 Å². The second kappa shape index (κ2) is 9.40. The van der Waals surface area contributed by atoms with E-state index in [1.807, 2.05) is 4.90 Å². The number of hydrogen-bond donors (Lipinski definition) is 2. The molecule has 1 fully saturated rings. The second-order valence-electron chi connectivity index (χ2n) is 6.94. The Balaban J connectivity index is 1.97. The van der Waals surface area contributed by atoms with E-state index in [0.29, 0.717) is 24.7 Å². The third kappa shape index (κ3) is 5.00. The predicted molar refractivity (Wildman–Crippen MR) is 116 cm³/mol. The summed E-state index contributed by atoms with van der Waals surface area (Å²) in [4.78, 5) is 19.9. The molecule has 31 heavy (non-hydrogen) atoms. The zero-order valence-corrected chi connectivity index (χ0v) is 18.5. The van der Waals surface area contributed by atoms with Crippen molar-refractivity contribution in [1.29, 1.82) is 0 Å². The summed E-state index contributed by atoms with van der Waals surface area (Å²) < 4.78 is 39.0. The first kappa shape index (κ1) is 22.6. The van der Waals surface area contributed by atoms with Crippen molar-refractivity contribution in [2.45, 2.75) is 11.8 Å². The van der Waals surface area contributed by atoms with E-state index in [0.717, 1.165) is 19.6 Å². The number of carboxylic acids is 1. The molecule has 168 valence electrons. The molecule has 0 atom stereocenters. The van der Waals surface area contributed by atoms with Gasteiger partial charge >= 0.3 is 5.97 Å². The lowest BCUT2D eigenvalue weighted by Gasteiger charge is -2.35. The lowest BCUT2D eigenvalue weighted by Crippen LogP contribution is -2.46. The van der Waals surface area contributed by atoms with E-state index in [1.165, 1.54) is 44.7 Å². The fraction of sp³-hybridized carbons (Fsp3) is 0.400. The third-order valence-electron chi connectivity index (χ3n) is 5.14. The van der Waals surface area contributed by atoms with Gasteiger partial charge in [-0.1, -0.05) is 6.92 Å². The SMILES string of the molecule is CCN1CCN(c2ncc(C(=O)O)cc2NS(=O)(=O)c2ccc(OC)c(OC)c2)CC1. The van der Waals surface area contributed by atoms with Crippen molar-refractivity contribution in [1.82, 2.24) is 9.88 Å². The molecular weight excluding hydrogens is 424 g/mol. The summed E-state index contributed by atoms with van der Waals surface area (Å²) in [6.07, 6.45) is 1.23. The van der Waals surface area contributed by atoms with Crippen molar-refractivity contribution < 1.29 is 27.8 Å². The van der Waals surface area contributed by atoms with Gasteiger partial charge in [-0.3, -0.25) is 4.72 Å². The normalized spacial score (nSPS) is 14.9. The summed E-state index contributed by atoms with van der Waals surface area (Å²) >= 11 is 0. The number of aromatic nitrogens is 1. The maximum atomic E-state index is 13.1. The minimum absolute atomic E-state index is 0.0485. The van der Waals surface area contributed by atoms with Gasteiger partial charge in [0, 0.05) is 38.4 Å². The van der Waals surface area contributed by atoms with Crippen molar-refractivity contribution in [2.24, 2.45) is 0 Å². The first-order valence-electron chi connectivity index (χ1n) is 9.74. The Kier molecular flexibility index (Phi) is 6.86. The van der Waals surface area contributed by atoms with Crippen LogP contribution in [0.5, 0.6) is 11.5 Å². The number of anilines is 2. The summed E-state index contributed by atoms with van der Waals surface area (Å²) in [6.45, 7) is 5.93. The summed E-state index contributed by atoms with van der Waals surface area (Å²) in [7, 11) is -1.18. The first-order chi connectivity index (χ1) is 14.8. The van der Waals surface area contributed by atoms with Crippen LogP contribution in [0.25, 0.3) is 0 Å². The van der Waals surface area contributed by atoms with Crippen LogP contribution < -0.4 is 19.1 Å². The van der Waals surface area contributed by atoms with Crippen molar-refractivity contribution in [2.75, 3.05) is 56.6 Å². The topological polar surface area (TPSA) is 121 Å². The number of rotatable bonds is 8. The Hall–Kier alpha value is -3.05. The molecule has 0 spiro atoms. The van der Waals surface area contributed by atoms with Gasteiger partial charge in [-0.15, -0.1) is 0 Å². The number of carboxylic acid groups (broad SMARTS) is 1. The van der Waals surface area contributed by atoms with E-state index >= 15 is 0 Å². The largest absolute Gasteiger partial charge is 0.493 e. The van der Waals surface area contributed by atoms with Gasteiger partial charge < -0.3 is 24.4 Å².